The van der Waals surface area contributed by atoms with Crippen LogP contribution in [0.3, 0.4) is 0 Å². The molecule has 1 heterocycles. The minimum Gasteiger partial charge on any atom is -0.451 e. The zero-order valence-electron chi connectivity index (χ0n) is 14.2. The maximum Gasteiger partial charge on any atom is 0.358 e. The highest BCUT2D eigenvalue weighted by molar-refractivity contribution is 7.13. The molecule has 0 fully saturated rings. The second kappa shape index (κ2) is 8.40. The summed E-state index contributed by atoms with van der Waals surface area (Å²) in [7, 11) is 0. The van der Waals surface area contributed by atoms with E-state index in [1.54, 1.807) is 5.38 Å². The second-order valence-corrected chi connectivity index (χ2v) is 6.54. The van der Waals surface area contributed by atoms with Crippen molar-refractivity contribution in [3.63, 3.8) is 0 Å². The normalized spacial score (nSPS) is 11.6. The van der Waals surface area contributed by atoms with Gasteiger partial charge < -0.3 is 10.1 Å². The predicted molar refractivity (Wildman–Crippen MR) is 101 cm³/mol. The Morgan fingerprint density at radius 3 is 2.42 bits per heavy atom. The molecule has 0 bridgehead atoms. The first-order valence-electron chi connectivity index (χ1n) is 8.16. The van der Waals surface area contributed by atoms with E-state index in [1.807, 2.05) is 67.6 Å². The van der Waals surface area contributed by atoms with Crippen LogP contribution in [0.2, 0.25) is 0 Å². The Bertz CT molecular complexity index is 878. The lowest BCUT2D eigenvalue weighted by Gasteiger charge is -2.14. The highest BCUT2D eigenvalue weighted by Crippen LogP contribution is 2.23. The van der Waals surface area contributed by atoms with Gasteiger partial charge in [0.2, 0.25) is 0 Å². The number of aromatic nitrogens is 1. The highest BCUT2D eigenvalue weighted by atomic mass is 32.1. The van der Waals surface area contributed by atoms with Crippen LogP contribution in [-0.4, -0.2) is 23.5 Å². The van der Waals surface area contributed by atoms with E-state index >= 15 is 0 Å². The molecule has 0 aliphatic rings. The summed E-state index contributed by atoms with van der Waals surface area (Å²) < 4.78 is 5.07. The van der Waals surface area contributed by atoms with Crippen LogP contribution in [0, 0.1) is 0 Å². The number of nitrogens with zero attached hydrogens (tertiary/aromatic N) is 1. The molecule has 0 aliphatic heterocycles. The van der Waals surface area contributed by atoms with Crippen molar-refractivity contribution in [2.75, 3.05) is 6.61 Å². The van der Waals surface area contributed by atoms with Gasteiger partial charge in [0, 0.05) is 10.9 Å². The van der Waals surface area contributed by atoms with Gasteiger partial charge in [0.25, 0.3) is 5.91 Å². The molecule has 1 unspecified atom stereocenters. The van der Waals surface area contributed by atoms with Crippen LogP contribution >= 0.6 is 11.3 Å². The van der Waals surface area contributed by atoms with Gasteiger partial charge in [0.05, 0.1) is 6.04 Å². The van der Waals surface area contributed by atoms with Crippen molar-refractivity contribution in [1.82, 2.24) is 10.3 Å². The van der Waals surface area contributed by atoms with Crippen LogP contribution in [0.4, 0.5) is 0 Å². The first-order valence-corrected chi connectivity index (χ1v) is 9.04. The van der Waals surface area contributed by atoms with Crippen molar-refractivity contribution in [2.24, 2.45) is 0 Å². The fourth-order valence-corrected chi connectivity index (χ4v) is 3.19. The second-order valence-electron chi connectivity index (χ2n) is 5.68. The molecule has 1 atom stereocenters. The predicted octanol–water partition coefficient (Wildman–Crippen LogP) is 3.84. The van der Waals surface area contributed by atoms with E-state index in [0.717, 1.165) is 16.1 Å². The molecule has 132 valence electrons. The zero-order chi connectivity index (χ0) is 18.4. The van der Waals surface area contributed by atoms with E-state index < -0.39 is 5.97 Å². The molecule has 5 nitrogen and oxygen atoms in total. The van der Waals surface area contributed by atoms with Crippen LogP contribution in [0.25, 0.3) is 10.6 Å². The molecule has 1 aromatic heterocycles. The third-order valence-corrected chi connectivity index (χ3v) is 4.64. The number of esters is 1. The quantitative estimate of drug-likeness (QED) is 0.673. The average molecular weight is 366 g/mol. The smallest absolute Gasteiger partial charge is 0.358 e. The molecule has 26 heavy (non-hydrogen) atoms. The van der Waals surface area contributed by atoms with Gasteiger partial charge in [0.15, 0.2) is 12.3 Å². The largest absolute Gasteiger partial charge is 0.451 e. The minimum absolute atomic E-state index is 0.161. The molecule has 0 aliphatic carbocycles. The van der Waals surface area contributed by atoms with Crippen LogP contribution < -0.4 is 5.32 Å². The van der Waals surface area contributed by atoms with Gasteiger partial charge in [-0.15, -0.1) is 11.3 Å². The summed E-state index contributed by atoms with van der Waals surface area (Å²) in [5.41, 5.74) is 2.13. The summed E-state index contributed by atoms with van der Waals surface area (Å²) in [4.78, 5) is 28.4. The number of rotatable bonds is 6. The molecule has 0 saturated heterocycles. The summed E-state index contributed by atoms with van der Waals surface area (Å²) in [6.45, 7) is 1.54. The number of hydrogen-bond acceptors (Lipinski definition) is 5. The number of benzene rings is 2. The van der Waals surface area contributed by atoms with Gasteiger partial charge in [-0.05, 0) is 12.5 Å². The van der Waals surface area contributed by atoms with E-state index in [1.165, 1.54) is 11.3 Å². The van der Waals surface area contributed by atoms with E-state index in [2.05, 4.69) is 10.3 Å². The molecule has 0 radical (unpaired) electrons. The van der Waals surface area contributed by atoms with Crippen molar-refractivity contribution < 1.29 is 14.3 Å². The number of carbonyl (C=O) groups excluding carboxylic acids is 2. The van der Waals surface area contributed by atoms with Crippen molar-refractivity contribution in [1.29, 1.82) is 0 Å². The molecular weight excluding hydrogens is 348 g/mol. The molecule has 2 aromatic carbocycles. The van der Waals surface area contributed by atoms with Gasteiger partial charge in [0.1, 0.15) is 5.01 Å². The Balaban J connectivity index is 1.52. The summed E-state index contributed by atoms with van der Waals surface area (Å²) in [5.74, 6) is -0.959. The van der Waals surface area contributed by atoms with Crippen LogP contribution in [0.5, 0.6) is 0 Å². The van der Waals surface area contributed by atoms with Crippen LogP contribution in [0.1, 0.15) is 29.0 Å². The maximum atomic E-state index is 12.1. The molecule has 3 aromatic rings. The first kappa shape index (κ1) is 17.8. The maximum absolute atomic E-state index is 12.1. The molecule has 6 heteroatoms. The van der Waals surface area contributed by atoms with Crippen molar-refractivity contribution in [3.05, 3.63) is 77.3 Å². The Kier molecular flexibility index (Phi) is 5.76. The van der Waals surface area contributed by atoms with Crippen LogP contribution in [0.15, 0.2) is 66.0 Å². The average Bonchev–Trinajstić information content (AvgIpc) is 3.18. The van der Waals surface area contributed by atoms with E-state index in [4.69, 9.17) is 4.74 Å². The third-order valence-electron chi connectivity index (χ3n) is 3.75. The van der Waals surface area contributed by atoms with Gasteiger partial charge in [-0.25, -0.2) is 9.78 Å². The Hall–Kier alpha value is -2.99. The van der Waals surface area contributed by atoms with Gasteiger partial charge in [-0.3, -0.25) is 4.79 Å². The summed E-state index contributed by atoms with van der Waals surface area (Å²) >= 11 is 1.36. The molecule has 3 rings (SSSR count). The van der Waals surface area contributed by atoms with Crippen molar-refractivity contribution in [3.8, 4) is 10.6 Å². The monoisotopic (exact) mass is 366 g/mol. The van der Waals surface area contributed by atoms with Gasteiger partial charge in [-0.1, -0.05) is 60.7 Å². The van der Waals surface area contributed by atoms with E-state index in [9.17, 15) is 9.59 Å². The number of nitrogens with one attached hydrogen (secondary N) is 1. The number of hydrogen-bond donors (Lipinski definition) is 1. The Labute approximate surface area is 155 Å². The number of thiazole rings is 1. The van der Waals surface area contributed by atoms with E-state index in [-0.39, 0.29) is 24.2 Å². The lowest BCUT2D eigenvalue weighted by atomic mass is 10.1. The SMILES string of the molecule is CC(NC(=O)COC(=O)c1csc(-c2ccccc2)n1)c1ccccc1. The summed E-state index contributed by atoms with van der Waals surface area (Å²) in [6.07, 6.45) is 0. The summed E-state index contributed by atoms with van der Waals surface area (Å²) in [5, 5.41) is 5.17. The third kappa shape index (κ3) is 4.55. The fourth-order valence-electron chi connectivity index (χ4n) is 2.39. The highest BCUT2D eigenvalue weighted by Gasteiger charge is 2.16. The molecular formula is C20H18N2O3S. The topological polar surface area (TPSA) is 68.3 Å². The molecule has 0 spiro atoms. The van der Waals surface area contributed by atoms with Gasteiger partial charge >= 0.3 is 5.97 Å². The zero-order valence-corrected chi connectivity index (χ0v) is 15.0. The standard InChI is InChI=1S/C20H18N2O3S/c1-14(15-8-4-2-5-9-15)21-18(23)12-25-20(24)17-13-26-19(22-17)16-10-6-3-7-11-16/h2-11,13-14H,12H2,1H3,(H,21,23). The number of carbonyl (C=O) groups is 2. The fraction of sp³-hybridized carbons (Fsp3) is 0.150. The molecule has 1 amide bonds. The van der Waals surface area contributed by atoms with Crippen molar-refractivity contribution in [2.45, 2.75) is 13.0 Å². The van der Waals surface area contributed by atoms with Gasteiger partial charge in [-0.2, -0.15) is 0 Å². The first-order chi connectivity index (χ1) is 12.6. The lowest BCUT2D eigenvalue weighted by Crippen LogP contribution is -2.31. The van der Waals surface area contributed by atoms with E-state index in [0.29, 0.717) is 0 Å². The lowest BCUT2D eigenvalue weighted by molar-refractivity contribution is -0.124. The van der Waals surface area contributed by atoms with Crippen LogP contribution in [-0.2, 0) is 9.53 Å². The molecule has 0 saturated carbocycles. The summed E-state index contributed by atoms with van der Waals surface area (Å²) in [6, 6.07) is 19.0. The number of amides is 1. The van der Waals surface area contributed by atoms with Crippen molar-refractivity contribution >= 4 is 23.2 Å². The number of ether oxygens (including phenoxy) is 1. The Morgan fingerprint density at radius 1 is 1.08 bits per heavy atom. The molecule has 1 N–H and O–H groups in total. The Morgan fingerprint density at radius 2 is 1.73 bits per heavy atom. The minimum atomic E-state index is -0.606.